The molecule has 0 bridgehead atoms. The molecule has 2 fully saturated rings. The van der Waals surface area contributed by atoms with Gasteiger partial charge in [-0.3, -0.25) is 4.90 Å². The van der Waals surface area contributed by atoms with Crippen molar-refractivity contribution >= 4 is 0 Å². The zero-order valence-corrected chi connectivity index (χ0v) is 8.71. The maximum atomic E-state index is 5.78. The Kier molecular flexibility index (Phi) is 2.89. The number of nitrogens with two attached hydrogens (primary N) is 1. The second-order valence-electron chi connectivity index (χ2n) is 4.70. The molecule has 1 aliphatic heterocycles. The van der Waals surface area contributed by atoms with E-state index in [0.29, 0.717) is 6.04 Å². The van der Waals surface area contributed by atoms with Crippen LogP contribution in [0.4, 0.5) is 0 Å². The SMILES string of the molecule is CC(C1CCC1)N1CCCC1CN. The van der Waals surface area contributed by atoms with E-state index in [2.05, 4.69) is 11.8 Å². The molecule has 76 valence electrons. The fourth-order valence-electron chi connectivity index (χ4n) is 2.84. The van der Waals surface area contributed by atoms with Gasteiger partial charge in [0.15, 0.2) is 0 Å². The van der Waals surface area contributed by atoms with Crippen molar-refractivity contribution in [2.45, 2.75) is 51.1 Å². The van der Waals surface area contributed by atoms with Crippen LogP contribution < -0.4 is 5.73 Å². The molecule has 0 radical (unpaired) electrons. The zero-order valence-electron chi connectivity index (χ0n) is 8.71. The molecule has 0 amide bonds. The summed E-state index contributed by atoms with van der Waals surface area (Å²) in [6.45, 7) is 4.55. The van der Waals surface area contributed by atoms with Gasteiger partial charge in [-0.05, 0) is 45.1 Å². The average molecular weight is 182 g/mol. The monoisotopic (exact) mass is 182 g/mol. The molecule has 0 aromatic rings. The lowest BCUT2D eigenvalue weighted by Gasteiger charge is -2.39. The fraction of sp³-hybridized carbons (Fsp3) is 1.00. The molecule has 0 aromatic heterocycles. The van der Waals surface area contributed by atoms with E-state index in [1.165, 1.54) is 38.6 Å². The van der Waals surface area contributed by atoms with Crippen molar-refractivity contribution in [3.63, 3.8) is 0 Å². The molecule has 2 unspecified atom stereocenters. The topological polar surface area (TPSA) is 29.3 Å². The van der Waals surface area contributed by atoms with Gasteiger partial charge >= 0.3 is 0 Å². The van der Waals surface area contributed by atoms with E-state index in [1.54, 1.807) is 0 Å². The fourth-order valence-corrected chi connectivity index (χ4v) is 2.84. The number of hydrogen-bond acceptors (Lipinski definition) is 2. The minimum absolute atomic E-state index is 0.690. The van der Waals surface area contributed by atoms with Crippen LogP contribution in [-0.4, -0.2) is 30.1 Å². The summed E-state index contributed by atoms with van der Waals surface area (Å²) >= 11 is 0. The number of hydrogen-bond donors (Lipinski definition) is 1. The van der Waals surface area contributed by atoms with E-state index in [1.807, 2.05) is 0 Å². The number of rotatable bonds is 3. The molecule has 1 saturated carbocycles. The molecule has 1 aliphatic carbocycles. The highest BCUT2D eigenvalue weighted by Gasteiger charge is 2.33. The number of likely N-dealkylation sites (tertiary alicyclic amines) is 1. The highest BCUT2D eigenvalue weighted by atomic mass is 15.2. The molecule has 2 nitrogen and oxygen atoms in total. The Morgan fingerprint density at radius 2 is 2.08 bits per heavy atom. The summed E-state index contributed by atoms with van der Waals surface area (Å²) < 4.78 is 0. The van der Waals surface area contributed by atoms with Crippen molar-refractivity contribution in [1.82, 2.24) is 4.90 Å². The third-order valence-corrected chi connectivity index (χ3v) is 4.05. The summed E-state index contributed by atoms with van der Waals surface area (Å²) in [5.74, 6) is 0.979. The molecular weight excluding hydrogens is 160 g/mol. The smallest absolute Gasteiger partial charge is 0.0221 e. The van der Waals surface area contributed by atoms with Gasteiger partial charge in [0.2, 0.25) is 0 Å². The van der Waals surface area contributed by atoms with Crippen molar-refractivity contribution in [2.24, 2.45) is 11.7 Å². The molecule has 2 atom stereocenters. The van der Waals surface area contributed by atoms with Crippen molar-refractivity contribution in [1.29, 1.82) is 0 Å². The van der Waals surface area contributed by atoms with Crippen molar-refractivity contribution in [2.75, 3.05) is 13.1 Å². The molecule has 2 rings (SSSR count). The Labute approximate surface area is 81.5 Å². The molecule has 13 heavy (non-hydrogen) atoms. The van der Waals surface area contributed by atoms with E-state index >= 15 is 0 Å². The van der Waals surface area contributed by atoms with Crippen LogP contribution in [0.15, 0.2) is 0 Å². The van der Waals surface area contributed by atoms with E-state index in [4.69, 9.17) is 5.73 Å². The molecule has 1 saturated heterocycles. The Hall–Kier alpha value is -0.0800. The van der Waals surface area contributed by atoms with Gasteiger partial charge in [-0.2, -0.15) is 0 Å². The van der Waals surface area contributed by atoms with Crippen molar-refractivity contribution < 1.29 is 0 Å². The van der Waals surface area contributed by atoms with Crippen LogP contribution in [0.3, 0.4) is 0 Å². The Morgan fingerprint density at radius 1 is 1.31 bits per heavy atom. The van der Waals surface area contributed by atoms with Gasteiger partial charge in [-0.15, -0.1) is 0 Å². The Morgan fingerprint density at radius 3 is 2.62 bits per heavy atom. The quantitative estimate of drug-likeness (QED) is 0.718. The van der Waals surface area contributed by atoms with Gasteiger partial charge in [-0.25, -0.2) is 0 Å². The maximum absolute atomic E-state index is 5.78. The van der Waals surface area contributed by atoms with E-state index in [-0.39, 0.29) is 0 Å². The normalized spacial score (nSPS) is 33.2. The van der Waals surface area contributed by atoms with Gasteiger partial charge in [0.1, 0.15) is 0 Å². The molecule has 1 heterocycles. The van der Waals surface area contributed by atoms with Crippen LogP contribution in [0.1, 0.15) is 39.0 Å². The highest BCUT2D eigenvalue weighted by molar-refractivity contribution is 4.89. The van der Waals surface area contributed by atoms with E-state index < -0.39 is 0 Å². The molecule has 2 aliphatic rings. The predicted molar refractivity (Wildman–Crippen MR) is 55.6 cm³/mol. The minimum atomic E-state index is 0.690. The van der Waals surface area contributed by atoms with Crippen LogP contribution in [0.5, 0.6) is 0 Å². The van der Waals surface area contributed by atoms with Crippen LogP contribution in [0.25, 0.3) is 0 Å². The number of nitrogens with zero attached hydrogens (tertiary/aromatic N) is 1. The molecule has 0 aromatic carbocycles. The minimum Gasteiger partial charge on any atom is -0.329 e. The lowest BCUT2D eigenvalue weighted by atomic mass is 9.79. The summed E-state index contributed by atoms with van der Waals surface area (Å²) in [4.78, 5) is 2.66. The summed E-state index contributed by atoms with van der Waals surface area (Å²) in [7, 11) is 0. The van der Waals surface area contributed by atoms with Gasteiger partial charge in [0.05, 0.1) is 0 Å². The molecule has 2 N–H and O–H groups in total. The standard InChI is InChI=1S/C11H22N2/c1-9(10-4-2-5-10)13-7-3-6-11(13)8-12/h9-11H,2-8,12H2,1H3. The summed E-state index contributed by atoms with van der Waals surface area (Å²) in [6, 6.07) is 1.49. The summed E-state index contributed by atoms with van der Waals surface area (Å²) in [6.07, 6.45) is 7.05. The Balaban J connectivity index is 1.90. The average Bonchev–Trinajstić information content (AvgIpc) is 2.47. The first-order valence-electron chi connectivity index (χ1n) is 5.78. The van der Waals surface area contributed by atoms with Crippen molar-refractivity contribution in [3.05, 3.63) is 0 Å². The third kappa shape index (κ3) is 1.75. The summed E-state index contributed by atoms with van der Waals surface area (Å²) in [5.41, 5.74) is 5.78. The van der Waals surface area contributed by atoms with Gasteiger partial charge < -0.3 is 5.73 Å². The predicted octanol–water partition coefficient (Wildman–Crippen LogP) is 1.60. The second-order valence-corrected chi connectivity index (χ2v) is 4.70. The van der Waals surface area contributed by atoms with Crippen molar-refractivity contribution in [3.8, 4) is 0 Å². The molecular formula is C11H22N2. The first-order chi connectivity index (χ1) is 6.33. The molecule has 0 spiro atoms. The first-order valence-corrected chi connectivity index (χ1v) is 5.78. The highest BCUT2D eigenvalue weighted by Crippen LogP contribution is 2.34. The van der Waals surface area contributed by atoms with Gasteiger partial charge in [0.25, 0.3) is 0 Å². The zero-order chi connectivity index (χ0) is 9.26. The lowest BCUT2D eigenvalue weighted by Crippen LogP contribution is -2.46. The van der Waals surface area contributed by atoms with Crippen LogP contribution in [0, 0.1) is 5.92 Å². The van der Waals surface area contributed by atoms with E-state index in [9.17, 15) is 0 Å². The van der Waals surface area contributed by atoms with Crippen LogP contribution in [-0.2, 0) is 0 Å². The van der Waals surface area contributed by atoms with E-state index in [0.717, 1.165) is 18.5 Å². The van der Waals surface area contributed by atoms with Crippen LogP contribution in [0.2, 0.25) is 0 Å². The van der Waals surface area contributed by atoms with Crippen LogP contribution >= 0.6 is 0 Å². The van der Waals surface area contributed by atoms with Gasteiger partial charge in [0, 0.05) is 18.6 Å². The maximum Gasteiger partial charge on any atom is 0.0221 e. The first kappa shape index (κ1) is 9.47. The largest absolute Gasteiger partial charge is 0.329 e. The Bertz CT molecular complexity index is 165. The molecule has 2 heteroatoms. The van der Waals surface area contributed by atoms with Gasteiger partial charge in [-0.1, -0.05) is 6.42 Å². The lowest BCUT2D eigenvalue weighted by molar-refractivity contribution is 0.0995. The third-order valence-electron chi connectivity index (χ3n) is 4.05. The second kappa shape index (κ2) is 3.97. The summed E-state index contributed by atoms with van der Waals surface area (Å²) in [5, 5.41) is 0.